The number of hydrogen-bond donors (Lipinski definition) is 2. The monoisotopic (exact) mass is 486 g/mol. The lowest BCUT2D eigenvalue weighted by Crippen LogP contribution is -2.33. The number of carbonyl (C=O) groups is 2. The molecular formula is C25H26O8S. The van der Waals surface area contributed by atoms with E-state index in [0.29, 0.717) is 17.5 Å². The van der Waals surface area contributed by atoms with Crippen molar-refractivity contribution >= 4 is 22.6 Å². The van der Waals surface area contributed by atoms with Crippen molar-refractivity contribution < 1.29 is 37.3 Å². The molecule has 1 aliphatic rings. The zero-order valence-corrected chi connectivity index (χ0v) is 19.2. The second kappa shape index (κ2) is 12.3. The predicted molar refractivity (Wildman–Crippen MR) is 125 cm³/mol. The zero-order valence-electron chi connectivity index (χ0n) is 18.3. The first-order valence-corrected chi connectivity index (χ1v) is 11.9. The van der Waals surface area contributed by atoms with Crippen LogP contribution in [0.5, 0.6) is 0 Å². The first-order valence-electron chi connectivity index (χ1n) is 10.7. The summed E-state index contributed by atoms with van der Waals surface area (Å²) >= 11 is 0. The van der Waals surface area contributed by atoms with Gasteiger partial charge in [-0.15, -0.1) is 6.58 Å². The minimum atomic E-state index is -2.89. The molecule has 2 aromatic rings. The van der Waals surface area contributed by atoms with Gasteiger partial charge in [-0.3, -0.25) is 0 Å². The summed E-state index contributed by atoms with van der Waals surface area (Å²) in [6.07, 6.45) is -1.93. The molecule has 0 unspecified atom stereocenters. The summed E-state index contributed by atoms with van der Waals surface area (Å²) in [5, 5.41) is 11.7. The third-order valence-electron chi connectivity index (χ3n) is 5.23. The first-order chi connectivity index (χ1) is 16.4. The van der Waals surface area contributed by atoms with Gasteiger partial charge in [-0.25, -0.2) is 18.0 Å². The molecule has 1 heterocycles. The van der Waals surface area contributed by atoms with Gasteiger partial charge in [0.05, 0.1) is 23.3 Å². The lowest BCUT2D eigenvalue weighted by atomic mass is 10.0. The van der Waals surface area contributed by atoms with Crippen LogP contribution in [0.3, 0.4) is 0 Å². The van der Waals surface area contributed by atoms with Crippen molar-refractivity contribution in [1.29, 1.82) is 0 Å². The van der Waals surface area contributed by atoms with Crippen LogP contribution >= 0.6 is 0 Å². The van der Waals surface area contributed by atoms with E-state index in [-0.39, 0.29) is 18.6 Å². The largest absolute Gasteiger partial charge is 0.458 e. The lowest BCUT2D eigenvalue weighted by molar-refractivity contribution is -0.0449. The molecule has 3 rings (SSSR count). The lowest BCUT2D eigenvalue weighted by Gasteiger charge is -2.22. The Morgan fingerprint density at radius 3 is 2.18 bits per heavy atom. The summed E-state index contributed by atoms with van der Waals surface area (Å²) < 4.78 is 39.3. The van der Waals surface area contributed by atoms with E-state index in [1.807, 2.05) is 0 Å². The van der Waals surface area contributed by atoms with Gasteiger partial charge in [-0.2, -0.15) is 0 Å². The van der Waals surface area contributed by atoms with Gasteiger partial charge in [0.25, 0.3) is 0 Å². The number of benzene rings is 2. The average Bonchev–Trinajstić information content (AvgIpc) is 3.12. The van der Waals surface area contributed by atoms with Crippen molar-refractivity contribution in [1.82, 2.24) is 0 Å². The van der Waals surface area contributed by atoms with E-state index >= 15 is 0 Å². The van der Waals surface area contributed by atoms with Gasteiger partial charge >= 0.3 is 11.9 Å². The van der Waals surface area contributed by atoms with E-state index in [0.717, 1.165) is 5.41 Å². The Hall–Kier alpha value is -3.27. The van der Waals surface area contributed by atoms with Gasteiger partial charge < -0.3 is 19.3 Å². The summed E-state index contributed by atoms with van der Waals surface area (Å²) in [5.41, 5.74) is 0.849. The molecule has 0 aromatic heterocycles. The standard InChI is InChI=1S/C25H26O8S/c1-2-9-21-20(16-34(29)30)23(26)22(33-21)14-19(32-25(28)18-12-7-4-8-13-18)15-31-24(27)17-10-5-3-6-11-17/h2-8,10-13,16,19,21-23,26,34H,1,9,14-15H2/t19-,21-,22+,23+/m0/s1. The van der Waals surface area contributed by atoms with Crippen LogP contribution in [0.15, 0.2) is 84.3 Å². The van der Waals surface area contributed by atoms with E-state index in [4.69, 9.17) is 14.2 Å². The van der Waals surface area contributed by atoms with E-state index in [2.05, 4.69) is 6.58 Å². The smallest absolute Gasteiger partial charge is 0.338 e. The number of hydrogen-bond acceptors (Lipinski definition) is 8. The van der Waals surface area contributed by atoms with E-state index in [1.165, 1.54) is 0 Å². The highest BCUT2D eigenvalue weighted by molar-refractivity contribution is 7.75. The van der Waals surface area contributed by atoms with Crippen molar-refractivity contribution in [2.75, 3.05) is 6.61 Å². The van der Waals surface area contributed by atoms with Gasteiger partial charge in [0, 0.05) is 17.4 Å². The summed E-state index contributed by atoms with van der Waals surface area (Å²) in [4.78, 5) is 25.0. The molecule has 4 atom stereocenters. The van der Waals surface area contributed by atoms with Gasteiger partial charge in [0.1, 0.15) is 18.8 Å². The second-order valence-corrected chi connectivity index (χ2v) is 8.47. The van der Waals surface area contributed by atoms with Crippen LogP contribution in [0.4, 0.5) is 0 Å². The Labute approximate surface area is 199 Å². The SMILES string of the molecule is C=CC[C@@H]1O[C@H](C[C@@H](COC(=O)c2ccccc2)OC(=O)c2ccccc2)[C@H](O)C1=C[SH](=O)=O. The molecule has 1 aliphatic heterocycles. The molecule has 0 aliphatic carbocycles. The van der Waals surface area contributed by atoms with Gasteiger partial charge in [0.15, 0.2) is 10.7 Å². The third kappa shape index (κ3) is 6.86. The Morgan fingerprint density at radius 2 is 1.62 bits per heavy atom. The van der Waals surface area contributed by atoms with Crippen molar-refractivity contribution in [2.45, 2.75) is 37.3 Å². The fourth-order valence-electron chi connectivity index (χ4n) is 3.61. The highest BCUT2D eigenvalue weighted by Gasteiger charge is 2.40. The van der Waals surface area contributed by atoms with E-state index < -0.39 is 47.1 Å². The number of carbonyl (C=O) groups excluding carboxylic acids is 2. The van der Waals surface area contributed by atoms with Crippen molar-refractivity contribution in [3.05, 3.63) is 95.4 Å². The van der Waals surface area contributed by atoms with E-state index in [1.54, 1.807) is 66.7 Å². The summed E-state index contributed by atoms with van der Waals surface area (Å²) in [6.45, 7) is 3.35. The van der Waals surface area contributed by atoms with Crippen LogP contribution in [0.25, 0.3) is 0 Å². The minimum absolute atomic E-state index is 0.0254. The fraction of sp³-hybridized carbons (Fsp3) is 0.280. The number of rotatable bonds is 10. The number of aliphatic hydroxyl groups excluding tert-OH is 1. The van der Waals surface area contributed by atoms with Crippen LogP contribution in [0.1, 0.15) is 33.6 Å². The molecular weight excluding hydrogens is 460 g/mol. The number of thiol groups is 1. The molecule has 0 radical (unpaired) electrons. The molecule has 8 nitrogen and oxygen atoms in total. The number of esters is 2. The topological polar surface area (TPSA) is 116 Å². The number of aliphatic hydroxyl groups is 1. The normalized spacial score (nSPS) is 21.8. The number of ether oxygens (including phenoxy) is 3. The molecule has 1 N–H and O–H groups in total. The molecule has 34 heavy (non-hydrogen) atoms. The average molecular weight is 487 g/mol. The maximum Gasteiger partial charge on any atom is 0.338 e. The van der Waals surface area contributed by atoms with Crippen LogP contribution in [-0.4, -0.2) is 56.5 Å². The summed E-state index contributed by atoms with van der Waals surface area (Å²) in [7, 11) is -2.89. The summed E-state index contributed by atoms with van der Waals surface area (Å²) in [6, 6.07) is 16.6. The van der Waals surface area contributed by atoms with Crippen LogP contribution < -0.4 is 0 Å². The second-order valence-electron chi connectivity index (χ2n) is 7.64. The van der Waals surface area contributed by atoms with Crippen molar-refractivity contribution in [3.8, 4) is 0 Å². The Bertz CT molecular complexity index is 1090. The Kier molecular flexibility index (Phi) is 9.15. The maximum absolute atomic E-state index is 12.6. The third-order valence-corrected chi connectivity index (χ3v) is 5.74. The van der Waals surface area contributed by atoms with Crippen LogP contribution in [-0.2, 0) is 24.9 Å². The molecule has 1 saturated heterocycles. The fourth-order valence-corrected chi connectivity index (χ4v) is 4.17. The van der Waals surface area contributed by atoms with Crippen molar-refractivity contribution in [2.24, 2.45) is 0 Å². The first kappa shape index (κ1) is 25.4. The Morgan fingerprint density at radius 1 is 1.03 bits per heavy atom. The quantitative estimate of drug-likeness (QED) is 0.299. The van der Waals surface area contributed by atoms with Crippen molar-refractivity contribution in [3.63, 3.8) is 0 Å². The summed E-state index contributed by atoms with van der Waals surface area (Å²) in [5.74, 6) is -1.22. The maximum atomic E-state index is 12.6. The highest BCUT2D eigenvalue weighted by Crippen LogP contribution is 2.32. The predicted octanol–water partition coefficient (Wildman–Crippen LogP) is 2.66. The molecule has 0 spiro atoms. The molecule has 0 amide bonds. The molecule has 2 aromatic carbocycles. The Balaban J connectivity index is 1.76. The van der Waals surface area contributed by atoms with Gasteiger partial charge in [-0.05, 0) is 30.7 Å². The van der Waals surface area contributed by atoms with Gasteiger partial charge in [0.2, 0.25) is 0 Å². The van der Waals surface area contributed by atoms with Crippen LogP contribution in [0, 0.1) is 0 Å². The minimum Gasteiger partial charge on any atom is -0.458 e. The molecule has 1 fully saturated rings. The molecule has 9 heteroatoms. The van der Waals surface area contributed by atoms with E-state index in [9.17, 15) is 23.1 Å². The molecule has 0 bridgehead atoms. The highest BCUT2D eigenvalue weighted by atomic mass is 32.2. The van der Waals surface area contributed by atoms with Gasteiger partial charge in [-0.1, -0.05) is 42.5 Å². The van der Waals surface area contributed by atoms with Crippen LogP contribution in [0.2, 0.25) is 0 Å². The molecule has 180 valence electrons. The molecule has 0 saturated carbocycles. The zero-order chi connectivity index (χ0) is 24.5.